The third kappa shape index (κ3) is 5.06. The first kappa shape index (κ1) is 15.6. The van der Waals surface area contributed by atoms with E-state index in [1.807, 2.05) is 13.0 Å². The SMILES string of the molecule is CCCNCCNS(=O)(=O)c1cc(C)cc(Br)c1. The zero-order chi connectivity index (χ0) is 13.6. The second-order valence-corrected chi connectivity index (χ2v) is 6.79. The van der Waals surface area contributed by atoms with Gasteiger partial charge >= 0.3 is 0 Å². The molecular weight excluding hydrogens is 316 g/mol. The molecule has 0 aliphatic carbocycles. The molecule has 18 heavy (non-hydrogen) atoms. The molecule has 0 bridgehead atoms. The molecule has 0 saturated heterocycles. The third-order valence-electron chi connectivity index (χ3n) is 2.35. The van der Waals surface area contributed by atoms with Crippen LogP contribution >= 0.6 is 15.9 Å². The van der Waals surface area contributed by atoms with Crippen molar-refractivity contribution in [2.45, 2.75) is 25.2 Å². The van der Waals surface area contributed by atoms with E-state index in [4.69, 9.17) is 0 Å². The molecule has 4 nitrogen and oxygen atoms in total. The summed E-state index contributed by atoms with van der Waals surface area (Å²) in [6, 6.07) is 5.14. The summed E-state index contributed by atoms with van der Waals surface area (Å²) in [4.78, 5) is 0.296. The van der Waals surface area contributed by atoms with Gasteiger partial charge in [-0.2, -0.15) is 0 Å². The van der Waals surface area contributed by atoms with Crippen LogP contribution in [0.3, 0.4) is 0 Å². The fourth-order valence-corrected chi connectivity index (χ4v) is 3.44. The highest BCUT2D eigenvalue weighted by Gasteiger charge is 2.13. The lowest BCUT2D eigenvalue weighted by Crippen LogP contribution is -2.32. The Bertz CT molecular complexity index is 469. The molecule has 0 fully saturated rings. The van der Waals surface area contributed by atoms with Crippen molar-refractivity contribution in [1.82, 2.24) is 10.0 Å². The second-order valence-electron chi connectivity index (χ2n) is 4.11. The maximum atomic E-state index is 12.0. The summed E-state index contributed by atoms with van der Waals surface area (Å²) in [6.07, 6.45) is 1.04. The van der Waals surface area contributed by atoms with Crippen molar-refractivity contribution in [3.05, 3.63) is 28.2 Å². The molecule has 0 spiro atoms. The monoisotopic (exact) mass is 334 g/mol. The molecule has 1 rings (SSSR count). The number of hydrogen-bond acceptors (Lipinski definition) is 3. The van der Waals surface area contributed by atoms with Crippen LogP contribution in [-0.2, 0) is 10.0 Å². The van der Waals surface area contributed by atoms with Crippen LogP contribution in [0.15, 0.2) is 27.6 Å². The van der Waals surface area contributed by atoms with Crippen LogP contribution < -0.4 is 10.0 Å². The van der Waals surface area contributed by atoms with Gasteiger partial charge in [0, 0.05) is 17.6 Å². The number of benzene rings is 1. The van der Waals surface area contributed by atoms with Crippen LogP contribution in [-0.4, -0.2) is 28.1 Å². The molecule has 0 aliphatic heterocycles. The molecule has 0 radical (unpaired) electrons. The Hall–Kier alpha value is -0.430. The Morgan fingerprint density at radius 3 is 2.50 bits per heavy atom. The molecule has 0 heterocycles. The lowest BCUT2D eigenvalue weighted by molar-refractivity contribution is 0.575. The van der Waals surface area contributed by atoms with E-state index in [9.17, 15) is 8.42 Å². The van der Waals surface area contributed by atoms with Crippen molar-refractivity contribution in [2.75, 3.05) is 19.6 Å². The Morgan fingerprint density at radius 2 is 1.89 bits per heavy atom. The van der Waals surface area contributed by atoms with Gasteiger partial charge < -0.3 is 5.32 Å². The van der Waals surface area contributed by atoms with Crippen molar-refractivity contribution < 1.29 is 8.42 Å². The van der Waals surface area contributed by atoms with Crippen molar-refractivity contribution in [1.29, 1.82) is 0 Å². The molecule has 1 aromatic carbocycles. The molecule has 0 aliphatic rings. The van der Waals surface area contributed by atoms with Gasteiger partial charge in [0.1, 0.15) is 0 Å². The summed E-state index contributed by atoms with van der Waals surface area (Å²) >= 11 is 3.30. The quantitative estimate of drug-likeness (QED) is 0.750. The van der Waals surface area contributed by atoms with E-state index in [-0.39, 0.29) is 0 Å². The van der Waals surface area contributed by atoms with E-state index in [1.165, 1.54) is 0 Å². The van der Waals surface area contributed by atoms with Crippen LogP contribution in [0.4, 0.5) is 0 Å². The van der Waals surface area contributed by atoms with E-state index in [2.05, 4.69) is 32.9 Å². The maximum Gasteiger partial charge on any atom is 0.240 e. The number of halogens is 1. The van der Waals surface area contributed by atoms with Crippen LogP contribution in [0.5, 0.6) is 0 Å². The van der Waals surface area contributed by atoms with Gasteiger partial charge in [-0.1, -0.05) is 22.9 Å². The van der Waals surface area contributed by atoms with Crippen LogP contribution in [0.25, 0.3) is 0 Å². The lowest BCUT2D eigenvalue weighted by atomic mass is 10.2. The minimum absolute atomic E-state index is 0.296. The minimum atomic E-state index is -3.41. The van der Waals surface area contributed by atoms with Gasteiger partial charge in [-0.15, -0.1) is 0 Å². The third-order valence-corrected chi connectivity index (χ3v) is 4.24. The smallest absolute Gasteiger partial charge is 0.240 e. The number of nitrogens with one attached hydrogen (secondary N) is 2. The number of rotatable bonds is 7. The highest BCUT2D eigenvalue weighted by atomic mass is 79.9. The normalized spacial score (nSPS) is 11.7. The molecule has 0 aromatic heterocycles. The number of hydrogen-bond donors (Lipinski definition) is 2. The van der Waals surface area contributed by atoms with E-state index in [0.717, 1.165) is 23.0 Å². The molecule has 6 heteroatoms. The summed E-state index contributed by atoms with van der Waals surface area (Å²) in [5, 5.41) is 3.15. The summed E-state index contributed by atoms with van der Waals surface area (Å²) in [6.45, 7) is 5.87. The van der Waals surface area contributed by atoms with Gasteiger partial charge in [0.15, 0.2) is 0 Å². The average molecular weight is 335 g/mol. The first-order chi connectivity index (χ1) is 8.45. The number of sulfonamides is 1. The fourth-order valence-electron chi connectivity index (χ4n) is 1.52. The lowest BCUT2D eigenvalue weighted by Gasteiger charge is -2.08. The zero-order valence-corrected chi connectivity index (χ0v) is 13.1. The molecule has 1 aromatic rings. The summed E-state index contributed by atoms with van der Waals surface area (Å²) in [7, 11) is -3.41. The highest BCUT2D eigenvalue weighted by Crippen LogP contribution is 2.18. The standard InChI is InChI=1S/C12H19BrN2O2S/c1-3-4-14-5-6-15-18(16,17)12-8-10(2)7-11(13)9-12/h7-9,14-15H,3-6H2,1-2H3. The van der Waals surface area contributed by atoms with E-state index in [1.54, 1.807) is 12.1 Å². The maximum absolute atomic E-state index is 12.0. The second kappa shape index (κ2) is 7.23. The largest absolute Gasteiger partial charge is 0.315 e. The first-order valence-electron chi connectivity index (χ1n) is 5.93. The number of aryl methyl sites for hydroxylation is 1. The highest BCUT2D eigenvalue weighted by molar-refractivity contribution is 9.10. The van der Waals surface area contributed by atoms with E-state index >= 15 is 0 Å². The molecule has 0 saturated carbocycles. The van der Waals surface area contributed by atoms with Crippen molar-refractivity contribution in [2.24, 2.45) is 0 Å². The Kier molecular flexibility index (Phi) is 6.28. The van der Waals surface area contributed by atoms with Gasteiger partial charge in [-0.3, -0.25) is 0 Å². The van der Waals surface area contributed by atoms with Gasteiger partial charge in [0.2, 0.25) is 10.0 Å². The summed E-state index contributed by atoms with van der Waals surface area (Å²) in [5.74, 6) is 0. The van der Waals surface area contributed by atoms with Gasteiger partial charge in [0.05, 0.1) is 4.90 Å². The fraction of sp³-hybridized carbons (Fsp3) is 0.500. The summed E-state index contributed by atoms with van der Waals surface area (Å²) < 4.78 is 27.4. The first-order valence-corrected chi connectivity index (χ1v) is 8.21. The topological polar surface area (TPSA) is 58.2 Å². The minimum Gasteiger partial charge on any atom is -0.315 e. The summed E-state index contributed by atoms with van der Waals surface area (Å²) in [5.41, 5.74) is 0.911. The Labute approximate surface area is 117 Å². The average Bonchev–Trinajstić information content (AvgIpc) is 2.27. The Balaban J connectivity index is 2.63. The van der Waals surface area contributed by atoms with Crippen molar-refractivity contribution >= 4 is 26.0 Å². The molecule has 0 atom stereocenters. The molecule has 0 amide bonds. The van der Waals surface area contributed by atoms with E-state index < -0.39 is 10.0 Å². The van der Waals surface area contributed by atoms with Crippen molar-refractivity contribution in [3.63, 3.8) is 0 Å². The van der Waals surface area contributed by atoms with Crippen LogP contribution in [0, 0.1) is 6.92 Å². The van der Waals surface area contributed by atoms with Crippen LogP contribution in [0.1, 0.15) is 18.9 Å². The van der Waals surface area contributed by atoms with Crippen LogP contribution in [0.2, 0.25) is 0 Å². The van der Waals surface area contributed by atoms with Gasteiger partial charge in [0.25, 0.3) is 0 Å². The zero-order valence-electron chi connectivity index (χ0n) is 10.7. The molecule has 102 valence electrons. The molecule has 2 N–H and O–H groups in total. The predicted molar refractivity (Wildman–Crippen MR) is 77.2 cm³/mol. The van der Waals surface area contributed by atoms with Crippen molar-refractivity contribution in [3.8, 4) is 0 Å². The Morgan fingerprint density at radius 1 is 1.17 bits per heavy atom. The molecular formula is C12H19BrN2O2S. The van der Waals surface area contributed by atoms with Gasteiger partial charge in [-0.25, -0.2) is 13.1 Å². The predicted octanol–water partition coefficient (Wildman–Crippen LogP) is 2.04. The van der Waals surface area contributed by atoms with E-state index in [0.29, 0.717) is 18.0 Å². The van der Waals surface area contributed by atoms with Gasteiger partial charge in [-0.05, 0) is 43.7 Å². The molecule has 0 unspecified atom stereocenters.